The number of nitrogens with zero attached hydrogens (tertiary/aromatic N) is 2. The van der Waals surface area contributed by atoms with Crippen LogP contribution in [0.3, 0.4) is 0 Å². The lowest BCUT2D eigenvalue weighted by Crippen LogP contribution is -2.39. The molecule has 0 bridgehead atoms. The Kier molecular flexibility index (Phi) is 5.62. The molecule has 0 spiro atoms. The van der Waals surface area contributed by atoms with Crippen LogP contribution >= 0.6 is 0 Å². The highest BCUT2D eigenvalue weighted by Gasteiger charge is 2.33. The maximum Gasteiger partial charge on any atom is 0.271 e. The standard InChI is InChI=1S/C26H26FN3O3/c1-16-20-14-18(27)10-11-21(20)29-24(16)26(31)30-12-6-5-8-22(30)25-28-15-19(33-25)13-17-7-3-4-9-23(17)32-2/h3-4,7,9-11,14-15,22,29H,5-6,8,12-13H2,1-2H3. The first-order valence-corrected chi connectivity index (χ1v) is 11.2. The van der Waals surface area contributed by atoms with E-state index in [0.29, 0.717) is 24.6 Å². The van der Waals surface area contributed by atoms with Gasteiger partial charge in [-0.2, -0.15) is 0 Å². The van der Waals surface area contributed by atoms with Gasteiger partial charge in [-0.15, -0.1) is 0 Å². The molecule has 1 amide bonds. The summed E-state index contributed by atoms with van der Waals surface area (Å²) in [5.41, 5.74) is 3.01. The monoisotopic (exact) mass is 447 g/mol. The first kappa shape index (κ1) is 21.2. The molecule has 2 aromatic carbocycles. The highest BCUT2D eigenvalue weighted by atomic mass is 19.1. The van der Waals surface area contributed by atoms with Gasteiger partial charge in [0.2, 0.25) is 5.89 Å². The summed E-state index contributed by atoms with van der Waals surface area (Å²) in [4.78, 5) is 23.1. The molecule has 6 nitrogen and oxygen atoms in total. The molecule has 0 radical (unpaired) electrons. The second kappa shape index (κ2) is 8.73. The van der Waals surface area contributed by atoms with Crippen LogP contribution in [0.2, 0.25) is 0 Å². The number of para-hydroxylation sites is 1. The number of amides is 1. The van der Waals surface area contributed by atoms with E-state index in [4.69, 9.17) is 9.15 Å². The maximum absolute atomic E-state index is 13.7. The van der Waals surface area contributed by atoms with Crippen molar-refractivity contribution in [1.29, 1.82) is 0 Å². The van der Waals surface area contributed by atoms with Crippen molar-refractivity contribution in [1.82, 2.24) is 14.9 Å². The summed E-state index contributed by atoms with van der Waals surface area (Å²) in [6, 6.07) is 12.1. The Hall–Kier alpha value is -3.61. The van der Waals surface area contributed by atoms with Crippen molar-refractivity contribution < 1.29 is 18.3 Å². The molecule has 170 valence electrons. The molecule has 1 aliphatic heterocycles. The highest BCUT2D eigenvalue weighted by Crippen LogP contribution is 2.34. The predicted octanol–water partition coefficient (Wildman–Crippen LogP) is 5.57. The SMILES string of the molecule is COc1ccccc1Cc1cnc(C2CCCCN2C(=O)c2[nH]c3ccc(F)cc3c2C)o1. The normalized spacial score (nSPS) is 16.3. The van der Waals surface area contributed by atoms with Crippen molar-refractivity contribution in [3.8, 4) is 5.75 Å². The molecule has 1 aliphatic rings. The fourth-order valence-electron chi connectivity index (χ4n) is 4.68. The summed E-state index contributed by atoms with van der Waals surface area (Å²) in [5.74, 6) is 1.65. The number of piperidine rings is 1. The van der Waals surface area contributed by atoms with Crippen molar-refractivity contribution in [3.05, 3.63) is 83.0 Å². The molecule has 0 saturated carbocycles. The van der Waals surface area contributed by atoms with Gasteiger partial charge in [-0.25, -0.2) is 9.37 Å². The van der Waals surface area contributed by atoms with Gasteiger partial charge in [-0.1, -0.05) is 18.2 Å². The zero-order chi connectivity index (χ0) is 22.9. The van der Waals surface area contributed by atoms with E-state index >= 15 is 0 Å². The first-order chi connectivity index (χ1) is 16.0. The number of rotatable bonds is 5. The third-order valence-corrected chi connectivity index (χ3v) is 6.41. The number of fused-ring (bicyclic) bond motifs is 1. The minimum absolute atomic E-state index is 0.113. The van der Waals surface area contributed by atoms with Gasteiger partial charge in [0.1, 0.15) is 29.1 Å². The van der Waals surface area contributed by atoms with Gasteiger partial charge in [0.15, 0.2) is 0 Å². The Morgan fingerprint density at radius 2 is 2.12 bits per heavy atom. The maximum atomic E-state index is 13.7. The average Bonchev–Trinajstić information content (AvgIpc) is 3.43. The van der Waals surface area contributed by atoms with Crippen LogP contribution in [-0.2, 0) is 6.42 Å². The zero-order valence-corrected chi connectivity index (χ0v) is 18.7. The number of ether oxygens (including phenoxy) is 1. The summed E-state index contributed by atoms with van der Waals surface area (Å²) in [6.07, 6.45) is 5.00. The third kappa shape index (κ3) is 3.99. The number of nitrogens with one attached hydrogen (secondary N) is 1. The van der Waals surface area contributed by atoms with E-state index in [-0.39, 0.29) is 17.8 Å². The minimum atomic E-state index is -0.318. The number of H-pyrrole nitrogens is 1. The number of aromatic nitrogens is 2. The van der Waals surface area contributed by atoms with Crippen molar-refractivity contribution in [2.45, 2.75) is 38.6 Å². The molecule has 2 aromatic heterocycles. The Labute approximate surface area is 191 Å². The second-order valence-electron chi connectivity index (χ2n) is 8.48. The number of methoxy groups -OCH3 is 1. The van der Waals surface area contributed by atoms with Crippen LogP contribution in [0.15, 0.2) is 53.1 Å². The number of hydrogen-bond donors (Lipinski definition) is 1. The predicted molar refractivity (Wildman–Crippen MR) is 123 cm³/mol. The van der Waals surface area contributed by atoms with Crippen LogP contribution in [0.25, 0.3) is 10.9 Å². The van der Waals surface area contributed by atoms with Gasteiger partial charge >= 0.3 is 0 Å². The molecular weight excluding hydrogens is 421 g/mol. The van der Waals surface area contributed by atoms with Gasteiger partial charge in [0.05, 0.1) is 13.3 Å². The topological polar surface area (TPSA) is 71.4 Å². The molecule has 1 saturated heterocycles. The van der Waals surface area contributed by atoms with Crippen molar-refractivity contribution in [3.63, 3.8) is 0 Å². The van der Waals surface area contributed by atoms with E-state index in [1.807, 2.05) is 36.1 Å². The van der Waals surface area contributed by atoms with Gasteiger partial charge in [-0.05, 0) is 56.0 Å². The van der Waals surface area contributed by atoms with Gasteiger partial charge < -0.3 is 19.0 Å². The second-order valence-corrected chi connectivity index (χ2v) is 8.48. The number of hydrogen-bond acceptors (Lipinski definition) is 4. The van der Waals surface area contributed by atoms with E-state index in [1.165, 1.54) is 12.1 Å². The Balaban J connectivity index is 1.42. The molecule has 0 aliphatic carbocycles. The Morgan fingerprint density at radius 1 is 1.27 bits per heavy atom. The van der Waals surface area contributed by atoms with Gasteiger partial charge in [0.25, 0.3) is 5.91 Å². The number of oxazole rings is 1. The molecule has 1 N–H and O–H groups in total. The zero-order valence-electron chi connectivity index (χ0n) is 18.7. The van der Waals surface area contributed by atoms with Crippen LogP contribution in [0.5, 0.6) is 5.75 Å². The fraction of sp³-hybridized carbons (Fsp3) is 0.308. The molecule has 1 fully saturated rings. The van der Waals surface area contributed by atoms with Crippen LogP contribution in [0, 0.1) is 12.7 Å². The number of likely N-dealkylation sites (tertiary alicyclic amines) is 1. The Morgan fingerprint density at radius 3 is 2.97 bits per heavy atom. The van der Waals surface area contributed by atoms with Gasteiger partial charge in [-0.3, -0.25) is 4.79 Å². The molecule has 1 atom stereocenters. The number of aryl methyl sites for hydroxylation is 1. The van der Waals surface area contributed by atoms with Crippen molar-refractivity contribution in [2.24, 2.45) is 0 Å². The summed E-state index contributed by atoms with van der Waals surface area (Å²) in [7, 11) is 1.65. The smallest absolute Gasteiger partial charge is 0.271 e. The third-order valence-electron chi connectivity index (χ3n) is 6.41. The lowest BCUT2D eigenvalue weighted by atomic mass is 10.0. The number of benzene rings is 2. The number of carbonyl (C=O) groups is 1. The first-order valence-electron chi connectivity index (χ1n) is 11.2. The summed E-state index contributed by atoms with van der Waals surface area (Å²) < 4.78 is 25.3. The molecule has 3 heterocycles. The van der Waals surface area contributed by atoms with Crippen molar-refractivity contribution >= 4 is 16.8 Å². The lowest BCUT2D eigenvalue weighted by molar-refractivity contribution is 0.0564. The number of halogens is 1. The molecule has 33 heavy (non-hydrogen) atoms. The average molecular weight is 448 g/mol. The van der Waals surface area contributed by atoms with Crippen LogP contribution in [0.1, 0.15) is 58.6 Å². The molecule has 1 unspecified atom stereocenters. The highest BCUT2D eigenvalue weighted by molar-refractivity contribution is 6.01. The molecule has 4 aromatic rings. The van der Waals surface area contributed by atoms with E-state index in [2.05, 4.69) is 9.97 Å². The Bertz CT molecular complexity index is 1310. The van der Waals surface area contributed by atoms with Crippen LogP contribution < -0.4 is 4.74 Å². The number of aromatic amines is 1. The number of carbonyl (C=O) groups excluding carboxylic acids is 1. The quantitative estimate of drug-likeness (QED) is 0.434. The lowest BCUT2D eigenvalue weighted by Gasteiger charge is -2.33. The molecule has 5 rings (SSSR count). The van der Waals surface area contributed by atoms with Gasteiger partial charge in [0, 0.05) is 29.4 Å². The summed E-state index contributed by atoms with van der Waals surface area (Å²) in [6.45, 7) is 2.47. The van der Waals surface area contributed by atoms with E-state index in [0.717, 1.165) is 52.8 Å². The van der Waals surface area contributed by atoms with E-state index in [9.17, 15) is 9.18 Å². The van der Waals surface area contributed by atoms with Crippen LogP contribution in [-0.4, -0.2) is 34.4 Å². The summed E-state index contributed by atoms with van der Waals surface area (Å²) >= 11 is 0. The largest absolute Gasteiger partial charge is 0.496 e. The molecular formula is C26H26FN3O3. The van der Waals surface area contributed by atoms with Crippen LogP contribution in [0.4, 0.5) is 4.39 Å². The van der Waals surface area contributed by atoms with Crippen molar-refractivity contribution in [2.75, 3.05) is 13.7 Å². The fourth-order valence-corrected chi connectivity index (χ4v) is 4.68. The summed E-state index contributed by atoms with van der Waals surface area (Å²) in [5, 5.41) is 0.724. The minimum Gasteiger partial charge on any atom is -0.496 e. The van der Waals surface area contributed by atoms with E-state index < -0.39 is 0 Å². The molecule has 7 heteroatoms. The van der Waals surface area contributed by atoms with E-state index in [1.54, 1.807) is 19.4 Å².